The van der Waals surface area contributed by atoms with Gasteiger partial charge in [-0.3, -0.25) is 4.79 Å². The van der Waals surface area contributed by atoms with Gasteiger partial charge in [-0.15, -0.1) is 0 Å². The first-order chi connectivity index (χ1) is 10.0. The molecule has 3 N–H and O–H groups in total. The van der Waals surface area contributed by atoms with Crippen molar-refractivity contribution in [1.82, 2.24) is 9.62 Å². The Morgan fingerprint density at radius 1 is 1.29 bits per heavy atom. The highest BCUT2D eigenvalue weighted by atomic mass is 32.2. The third kappa shape index (κ3) is 4.58. The Kier molecular flexibility index (Phi) is 6.34. The Morgan fingerprint density at radius 2 is 2.00 bits per heavy atom. The lowest BCUT2D eigenvalue weighted by atomic mass is 9.95. The average Bonchev–Trinajstić information content (AvgIpc) is 2.96. The van der Waals surface area contributed by atoms with E-state index in [0.29, 0.717) is 19.6 Å². The fourth-order valence-electron chi connectivity index (χ4n) is 3.05. The SMILES string of the molecule is NC[C@H]1CCC[C@H]1C(=O)NCCS(=O)(=O)N1CCSCC1. The minimum atomic E-state index is -3.24. The van der Waals surface area contributed by atoms with Gasteiger partial charge in [-0.2, -0.15) is 11.8 Å². The molecule has 2 aliphatic rings. The molecule has 2 atom stereocenters. The topological polar surface area (TPSA) is 92.5 Å². The zero-order valence-corrected chi connectivity index (χ0v) is 13.9. The minimum absolute atomic E-state index is 0.0105. The third-order valence-electron chi connectivity index (χ3n) is 4.32. The molecule has 0 radical (unpaired) electrons. The minimum Gasteiger partial charge on any atom is -0.355 e. The van der Waals surface area contributed by atoms with Crippen LogP contribution < -0.4 is 11.1 Å². The van der Waals surface area contributed by atoms with Gasteiger partial charge in [0, 0.05) is 37.1 Å². The molecule has 1 saturated heterocycles. The van der Waals surface area contributed by atoms with E-state index in [4.69, 9.17) is 5.73 Å². The van der Waals surface area contributed by atoms with Crippen LogP contribution in [0.4, 0.5) is 0 Å². The summed E-state index contributed by atoms with van der Waals surface area (Å²) in [6.07, 6.45) is 2.89. The molecule has 1 amide bonds. The molecule has 21 heavy (non-hydrogen) atoms. The van der Waals surface area contributed by atoms with Crippen molar-refractivity contribution in [2.75, 3.05) is 43.4 Å². The normalized spacial score (nSPS) is 27.7. The zero-order valence-electron chi connectivity index (χ0n) is 12.3. The molecule has 0 aromatic heterocycles. The van der Waals surface area contributed by atoms with Crippen LogP contribution in [0, 0.1) is 11.8 Å². The van der Waals surface area contributed by atoms with Gasteiger partial charge in [-0.1, -0.05) is 6.42 Å². The first-order valence-electron chi connectivity index (χ1n) is 7.58. The summed E-state index contributed by atoms with van der Waals surface area (Å²) in [6.45, 7) is 1.89. The maximum atomic E-state index is 12.2. The molecular weight excluding hydrogens is 310 g/mol. The van der Waals surface area contributed by atoms with Crippen molar-refractivity contribution in [2.24, 2.45) is 17.6 Å². The van der Waals surface area contributed by atoms with Gasteiger partial charge in [0.2, 0.25) is 15.9 Å². The molecule has 0 aromatic carbocycles. The largest absolute Gasteiger partial charge is 0.355 e. The van der Waals surface area contributed by atoms with Crippen molar-refractivity contribution < 1.29 is 13.2 Å². The van der Waals surface area contributed by atoms with E-state index in [0.717, 1.165) is 30.8 Å². The number of hydrogen-bond acceptors (Lipinski definition) is 5. The van der Waals surface area contributed by atoms with Crippen LogP contribution in [0.2, 0.25) is 0 Å². The molecule has 0 bridgehead atoms. The Labute approximate surface area is 131 Å². The molecule has 8 heteroatoms. The van der Waals surface area contributed by atoms with E-state index in [1.165, 1.54) is 4.31 Å². The zero-order chi connectivity index (χ0) is 15.3. The molecule has 1 aliphatic heterocycles. The molecule has 1 saturated carbocycles. The number of nitrogens with two attached hydrogens (primary N) is 1. The molecular formula is C13H25N3O3S2. The predicted octanol–water partition coefficient (Wildman–Crippen LogP) is -0.144. The number of nitrogens with one attached hydrogen (secondary N) is 1. The van der Waals surface area contributed by atoms with Gasteiger partial charge in [0.05, 0.1) is 5.75 Å². The fourth-order valence-corrected chi connectivity index (χ4v) is 5.54. The first-order valence-corrected chi connectivity index (χ1v) is 10.3. The second kappa shape index (κ2) is 7.80. The van der Waals surface area contributed by atoms with Gasteiger partial charge in [-0.25, -0.2) is 12.7 Å². The van der Waals surface area contributed by atoms with E-state index >= 15 is 0 Å². The Hall–Kier alpha value is -0.310. The van der Waals surface area contributed by atoms with Gasteiger partial charge in [-0.05, 0) is 25.3 Å². The van der Waals surface area contributed by atoms with Crippen LogP contribution in [0.3, 0.4) is 0 Å². The van der Waals surface area contributed by atoms with E-state index in [-0.39, 0.29) is 30.0 Å². The molecule has 1 aliphatic carbocycles. The summed E-state index contributed by atoms with van der Waals surface area (Å²) in [5.41, 5.74) is 5.67. The molecule has 2 fully saturated rings. The maximum absolute atomic E-state index is 12.2. The van der Waals surface area contributed by atoms with Crippen molar-refractivity contribution in [3.63, 3.8) is 0 Å². The van der Waals surface area contributed by atoms with E-state index < -0.39 is 10.0 Å². The standard InChI is InChI=1S/C13H25N3O3S2/c14-10-11-2-1-3-12(11)13(17)15-4-9-21(18,19)16-5-7-20-8-6-16/h11-12H,1-10,14H2,(H,15,17)/t11-,12-/m1/s1. The number of sulfonamides is 1. The van der Waals surface area contributed by atoms with Crippen LogP contribution in [0.25, 0.3) is 0 Å². The number of carbonyl (C=O) groups excluding carboxylic acids is 1. The summed E-state index contributed by atoms with van der Waals surface area (Å²) < 4.78 is 25.8. The summed E-state index contributed by atoms with van der Waals surface area (Å²) >= 11 is 1.78. The molecule has 1 heterocycles. The van der Waals surface area contributed by atoms with E-state index in [9.17, 15) is 13.2 Å². The molecule has 122 valence electrons. The van der Waals surface area contributed by atoms with Crippen LogP contribution in [-0.2, 0) is 14.8 Å². The highest BCUT2D eigenvalue weighted by Gasteiger charge is 2.32. The van der Waals surface area contributed by atoms with Crippen molar-refractivity contribution in [1.29, 1.82) is 0 Å². The second-order valence-corrected chi connectivity index (χ2v) is 8.96. The molecule has 0 aromatic rings. The van der Waals surface area contributed by atoms with Crippen molar-refractivity contribution in [3.05, 3.63) is 0 Å². The molecule has 0 spiro atoms. The number of carbonyl (C=O) groups is 1. The van der Waals surface area contributed by atoms with Crippen LogP contribution >= 0.6 is 11.8 Å². The lowest BCUT2D eigenvalue weighted by molar-refractivity contribution is -0.125. The third-order valence-corrected chi connectivity index (χ3v) is 7.14. The average molecular weight is 335 g/mol. The van der Waals surface area contributed by atoms with Gasteiger partial charge >= 0.3 is 0 Å². The van der Waals surface area contributed by atoms with E-state index in [2.05, 4.69) is 5.32 Å². The Bertz CT molecular complexity index is 450. The van der Waals surface area contributed by atoms with Crippen LogP contribution in [0.15, 0.2) is 0 Å². The first kappa shape index (κ1) is 17.1. The van der Waals surface area contributed by atoms with Gasteiger partial charge in [0.15, 0.2) is 0 Å². The lowest BCUT2D eigenvalue weighted by Crippen LogP contribution is -2.43. The molecule has 0 unspecified atom stereocenters. The molecule has 6 nitrogen and oxygen atoms in total. The summed E-state index contributed by atoms with van der Waals surface area (Å²) in [5, 5.41) is 2.78. The summed E-state index contributed by atoms with van der Waals surface area (Å²) in [5.74, 6) is 1.87. The number of rotatable bonds is 6. The summed E-state index contributed by atoms with van der Waals surface area (Å²) in [6, 6.07) is 0. The van der Waals surface area contributed by atoms with Gasteiger partial charge < -0.3 is 11.1 Å². The quantitative estimate of drug-likeness (QED) is 0.705. The van der Waals surface area contributed by atoms with E-state index in [1.54, 1.807) is 11.8 Å². The van der Waals surface area contributed by atoms with Crippen LogP contribution in [0.5, 0.6) is 0 Å². The van der Waals surface area contributed by atoms with E-state index in [1.807, 2.05) is 0 Å². The van der Waals surface area contributed by atoms with Crippen molar-refractivity contribution in [3.8, 4) is 0 Å². The van der Waals surface area contributed by atoms with Gasteiger partial charge in [0.25, 0.3) is 0 Å². The lowest BCUT2D eigenvalue weighted by Gasteiger charge is -2.25. The Morgan fingerprint density at radius 3 is 2.67 bits per heavy atom. The number of thioether (sulfide) groups is 1. The highest BCUT2D eigenvalue weighted by molar-refractivity contribution is 7.99. The van der Waals surface area contributed by atoms with Crippen molar-refractivity contribution in [2.45, 2.75) is 19.3 Å². The molecule has 2 rings (SSSR count). The number of amides is 1. The maximum Gasteiger partial charge on any atom is 0.223 e. The van der Waals surface area contributed by atoms with Gasteiger partial charge in [0.1, 0.15) is 0 Å². The number of hydrogen-bond donors (Lipinski definition) is 2. The predicted molar refractivity (Wildman–Crippen MR) is 85.6 cm³/mol. The highest BCUT2D eigenvalue weighted by Crippen LogP contribution is 2.30. The van der Waals surface area contributed by atoms with Crippen LogP contribution in [-0.4, -0.2) is 62.1 Å². The monoisotopic (exact) mass is 335 g/mol. The van der Waals surface area contributed by atoms with Crippen LogP contribution in [0.1, 0.15) is 19.3 Å². The summed E-state index contributed by atoms with van der Waals surface area (Å²) in [4.78, 5) is 12.1. The summed E-state index contributed by atoms with van der Waals surface area (Å²) in [7, 11) is -3.24. The fraction of sp³-hybridized carbons (Fsp3) is 0.923. The smallest absolute Gasteiger partial charge is 0.223 e. The number of nitrogens with zero attached hydrogens (tertiary/aromatic N) is 1. The Balaban J connectivity index is 1.76. The van der Waals surface area contributed by atoms with Crippen molar-refractivity contribution >= 4 is 27.7 Å². The second-order valence-electron chi connectivity index (χ2n) is 5.65.